The number of hydrogen-bond acceptors (Lipinski definition) is 5. The summed E-state index contributed by atoms with van der Waals surface area (Å²) < 4.78 is 16.8. The van der Waals surface area contributed by atoms with E-state index < -0.39 is 0 Å². The lowest BCUT2D eigenvalue weighted by atomic mass is 9.72. The van der Waals surface area contributed by atoms with Gasteiger partial charge in [0.25, 0.3) is 0 Å². The van der Waals surface area contributed by atoms with Crippen LogP contribution in [0.4, 0.5) is 0 Å². The molecule has 1 aromatic rings. The maximum absolute atomic E-state index is 5.66. The fourth-order valence-electron chi connectivity index (χ4n) is 5.45. The molecule has 3 aliphatic rings. The second-order valence-corrected chi connectivity index (χ2v) is 8.20. The van der Waals surface area contributed by atoms with Crippen molar-refractivity contribution in [3.05, 3.63) is 23.8 Å². The molecule has 5 heteroatoms. The normalized spacial score (nSPS) is 29.5. The first-order valence-electron chi connectivity index (χ1n) is 10.6. The summed E-state index contributed by atoms with van der Waals surface area (Å²) in [4.78, 5) is 5.40. The van der Waals surface area contributed by atoms with Crippen molar-refractivity contribution in [2.75, 3.05) is 53.1 Å². The third kappa shape index (κ3) is 4.25. The molecule has 3 fully saturated rings. The molecule has 2 heterocycles. The molecule has 2 aliphatic heterocycles. The van der Waals surface area contributed by atoms with E-state index in [1.54, 1.807) is 7.11 Å². The predicted molar refractivity (Wildman–Crippen MR) is 106 cm³/mol. The molecule has 0 spiro atoms. The van der Waals surface area contributed by atoms with Crippen LogP contribution >= 0.6 is 0 Å². The monoisotopic (exact) mass is 374 g/mol. The molecule has 5 nitrogen and oxygen atoms in total. The van der Waals surface area contributed by atoms with Crippen molar-refractivity contribution < 1.29 is 14.2 Å². The second kappa shape index (κ2) is 8.80. The number of hydrogen-bond donors (Lipinski definition) is 0. The number of piperidine rings is 1. The molecule has 150 valence electrons. The third-order valence-electron chi connectivity index (χ3n) is 6.50. The highest BCUT2D eigenvalue weighted by atomic mass is 16.5. The van der Waals surface area contributed by atoms with E-state index in [1.165, 1.54) is 37.9 Å². The van der Waals surface area contributed by atoms with Crippen LogP contribution in [0.3, 0.4) is 0 Å². The predicted octanol–water partition coefficient (Wildman–Crippen LogP) is 3.03. The molecular formula is C22H34N2O3. The Morgan fingerprint density at radius 1 is 1.07 bits per heavy atom. The molecule has 0 unspecified atom stereocenters. The standard InChI is InChI=1S/C22H34N2O3/c1-3-27-20-8-7-17(13-21(20)25-2)14-23-15-18-5-4-6-19(16-23)22(18)24-9-11-26-12-10-24/h7-8,13,18-19,22H,3-6,9-12,14-16H2,1-2H3/t18-,19-/m1/s1. The van der Waals surface area contributed by atoms with Gasteiger partial charge in [0, 0.05) is 38.8 Å². The summed E-state index contributed by atoms with van der Waals surface area (Å²) in [6, 6.07) is 7.17. The van der Waals surface area contributed by atoms with E-state index in [2.05, 4.69) is 28.0 Å². The van der Waals surface area contributed by atoms with Gasteiger partial charge in [0.1, 0.15) is 0 Å². The van der Waals surface area contributed by atoms with Crippen molar-refractivity contribution in [2.24, 2.45) is 11.8 Å². The van der Waals surface area contributed by atoms with Crippen LogP contribution in [0.2, 0.25) is 0 Å². The lowest BCUT2D eigenvalue weighted by Crippen LogP contribution is -2.59. The number of likely N-dealkylation sites (tertiary alicyclic amines) is 1. The molecule has 0 amide bonds. The van der Waals surface area contributed by atoms with E-state index in [0.717, 1.165) is 62.2 Å². The Bertz CT molecular complexity index is 604. The van der Waals surface area contributed by atoms with Gasteiger partial charge in [-0.25, -0.2) is 0 Å². The minimum atomic E-state index is 0.661. The van der Waals surface area contributed by atoms with Crippen molar-refractivity contribution in [1.82, 2.24) is 9.80 Å². The van der Waals surface area contributed by atoms with E-state index in [0.29, 0.717) is 6.61 Å². The number of ether oxygens (including phenoxy) is 3. The minimum absolute atomic E-state index is 0.661. The first-order chi connectivity index (χ1) is 13.3. The molecule has 1 aliphatic carbocycles. The Labute approximate surface area is 163 Å². The highest BCUT2D eigenvalue weighted by Gasteiger charge is 2.42. The SMILES string of the molecule is CCOc1ccc(CN2C[C@H]3CCC[C@H](C2)C3N2CCOCC2)cc1OC. The Kier molecular flexibility index (Phi) is 6.21. The molecule has 1 saturated carbocycles. The summed E-state index contributed by atoms with van der Waals surface area (Å²) >= 11 is 0. The van der Waals surface area contributed by atoms with Crippen LogP contribution in [0.25, 0.3) is 0 Å². The van der Waals surface area contributed by atoms with E-state index >= 15 is 0 Å². The molecular weight excluding hydrogens is 340 g/mol. The number of methoxy groups -OCH3 is 1. The Hall–Kier alpha value is -1.30. The van der Waals surface area contributed by atoms with Gasteiger partial charge in [-0.2, -0.15) is 0 Å². The van der Waals surface area contributed by atoms with Crippen molar-refractivity contribution in [3.63, 3.8) is 0 Å². The largest absolute Gasteiger partial charge is 0.493 e. The lowest BCUT2D eigenvalue weighted by Gasteiger charge is -2.52. The van der Waals surface area contributed by atoms with Gasteiger partial charge in [0.05, 0.1) is 26.9 Å². The van der Waals surface area contributed by atoms with Crippen LogP contribution in [0.1, 0.15) is 31.7 Å². The van der Waals surface area contributed by atoms with Gasteiger partial charge >= 0.3 is 0 Å². The van der Waals surface area contributed by atoms with Crippen LogP contribution in [-0.2, 0) is 11.3 Å². The smallest absolute Gasteiger partial charge is 0.161 e. The van der Waals surface area contributed by atoms with Crippen LogP contribution < -0.4 is 9.47 Å². The Morgan fingerprint density at radius 3 is 2.48 bits per heavy atom. The number of morpholine rings is 1. The molecule has 2 saturated heterocycles. The zero-order valence-electron chi connectivity index (χ0n) is 16.9. The van der Waals surface area contributed by atoms with Gasteiger partial charge in [0.15, 0.2) is 11.5 Å². The van der Waals surface area contributed by atoms with Crippen LogP contribution in [0.15, 0.2) is 18.2 Å². The zero-order valence-corrected chi connectivity index (χ0v) is 16.9. The highest BCUT2D eigenvalue weighted by molar-refractivity contribution is 5.43. The van der Waals surface area contributed by atoms with E-state index in [1.807, 2.05) is 6.92 Å². The molecule has 0 N–H and O–H groups in total. The van der Waals surface area contributed by atoms with Crippen molar-refractivity contribution in [1.29, 1.82) is 0 Å². The fraction of sp³-hybridized carbons (Fsp3) is 0.727. The summed E-state index contributed by atoms with van der Waals surface area (Å²) in [5, 5.41) is 0. The van der Waals surface area contributed by atoms with Gasteiger partial charge in [-0.15, -0.1) is 0 Å². The molecule has 1 aromatic carbocycles. The minimum Gasteiger partial charge on any atom is -0.493 e. The van der Waals surface area contributed by atoms with Crippen molar-refractivity contribution in [2.45, 2.75) is 38.8 Å². The maximum atomic E-state index is 5.66. The van der Waals surface area contributed by atoms with Gasteiger partial charge in [0.2, 0.25) is 0 Å². The van der Waals surface area contributed by atoms with E-state index in [9.17, 15) is 0 Å². The summed E-state index contributed by atoms with van der Waals surface area (Å²) in [6.07, 6.45) is 4.16. The summed E-state index contributed by atoms with van der Waals surface area (Å²) in [7, 11) is 1.72. The summed E-state index contributed by atoms with van der Waals surface area (Å²) in [5.41, 5.74) is 1.32. The average Bonchev–Trinajstić information content (AvgIpc) is 2.69. The lowest BCUT2D eigenvalue weighted by molar-refractivity contribution is -0.0623. The maximum Gasteiger partial charge on any atom is 0.161 e. The van der Waals surface area contributed by atoms with Gasteiger partial charge in [-0.1, -0.05) is 12.5 Å². The van der Waals surface area contributed by atoms with Crippen molar-refractivity contribution >= 4 is 0 Å². The number of nitrogens with zero attached hydrogens (tertiary/aromatic N) is 2. The van der Waals surface area contributed by atoms with Gasteiger partial charge in [-0.05, 0) is 49.3 Å². The Balaban J connectivity index is 1.43. The molecule has 0 radical (unpaired) electrons. The molecule has 4 rings (SSSR count). The second-order valence-electron chi connectivity index (χ2n) is 8.20. The molecule has 27 heavy (non-hydrogen) atoms. The van der Waals surface area contributed by atoms with Crippen molar-refractivity contribution in [3.8, 4) is 11.5 Å². The first kappa shape index (κ1) is 19.0. The van der Waals surface area contributed by atoms with Gasteiger partial charge in [-0.3, -0.25) is 9.80 Å². The van der Waals surface area contributed by atoms with Crippen LogP contribution in [-0.4, -0.2) is 69.0 Å². The third-order valence-corrected chi connectivity index (χ3v) is 6.50. The topological polar surface area (TPSA) is 34.2 Å². The highest BCUT2D eigenvalue weighted by Crippen LogP contribution is 2.39. The quantitative estimate of drug-likeness (QED) is 0.765. The number of benzene rings is 1. The number of rotatable bonds is 6. The fourth-order valence-corrected chi connectivity index (χ4v) is 5.45. The average molecular weight is 375 g/mol. The van der Waals surface area contributed by atoms with E-state index in [4.69, 9.17) is 14.2 Å². The first-order valence-corrected chi connectivity index (χ1v) is 10.6. The summed E-state index contributed by atoms with van der Waals surface area (Å²) in [6.45, 7) is 10.2. The van der Waals surface area contributed by atoms with Crippen LogP contribution in [0, 0.1) is 11.8 Å². The molecule has 2 atom stereocenters. The number of fused-ring (bicyclic) bond motifs is 2. The van der Waals surface area contributed by atoms with Crippen LogP contribution in [0.5, 0.6) is 11.5 Å². The molecule has 2 bridgehead atoms. The van der Waals surface area contributed by atoms with Gasteiger partial charge < -0.3 is 14.2 Å². The van der Waals surface area contributed by atoms with E-state index in [-0.39, 0.29) is 0 Å². The summed E-state index contributed by atoms with van der Waals surface area (Å²) in [5.74, 6) is 3.30. The Morgan fingerprint density at radius 2 is 1.81 bits per heavy atom. The molecule has 0 aromatic heterocycles. The zero-order chi connectivity index (χ0) is 18.6.